The van der Waals surface area contributed by atoms with E-state index in [-0.39, 0.29) is 30.0 Å². The van der Waals surface area contributed by atoms with Crippen LogP contribution in [0.3, 0.4) is 0 Å². The maximum atomic E-state index is 5.33. The van der Waals surface area contributed by atoms with Gasteiger partial charge in [0.1, 0.15) is 12.3 Å². The van der Waals surface area contributed by atoms with Gasteiger partial charge in [0.25, 0.3) is 0 Å². The average Bonchev–Trinajstić information content (AvgIpc) is 3.48. The molecule has 3 heterocycles. The van der Waals surface area contributed by atoms with Crippen LogP contribution in [0.2, 0.25) is 0 Å². The highest BCUT2D eigenvalue weighted by Gasteiger charge is 2.23. The van der Waals surface area contributed by atoms with Gasteiger partial charge < -0.3 is 15.4 Å². The number of nitrogens with one attached hydrogen (secondary N) is 2. The first-order valence-electron chi connectivity index (χ1n) is 11.0. The van der Waals surface area contributed by atoms with E-state index in [1.807, 2.05) is 40.9 Å². The maximum absolute atomic E-state index is 5.33. The monoisotopic (exact) mass is 549 g/mol. The van der Waals surface area contributed by atoms with Crippen molar-refractivity contribution in [2.45, 2.75) is 32.4 Å². The molecule has 1 aliphatic heterocycles. The van der Waals surface area contributed by atoms with E-state index in [1.165, 1.54) is 18.4 Å². The smallest absolute Gasteiger partial charge is 0.191 e. The van der Waals surface area contributed by atoms with Crippen molar-refractivity contribution in [2.75, 3.05) is 33.3 Å². The number of guanidine groups is 1. The average molecular weight is 549 g/mol. The Hall–Kier alpha value is -2.40. The van der Waals surface area contributed by atoms with Crippen molar-refractivity contribution in [1.29, 1.82) is 0 Å². The van der Waals surface area contributed by atoms with Crippen LogP contribution in [0, 0.1) is 0 Å². The van der Waals surface area contributed by atoms with E-state index in [1.54, 1.807) is 7.11 Å². The van der Waals surface area contributed by atoms with Gasteiger partial charge in [0, 0.05) is 19.3 Å². The molecule has 1 atom stereocenters. The van der Waals surface area contributed by atoms with Crippen LogP contribution in [0.15, 0.2) is 53.7 Å². The van der Waals surface area contributed by atoms with Crippen LogP contribution in [0.5, 0.6) is 5.75 Å². The summed E-state index contributed by atoms with van der Waals surface area (Å²) in [6.07, 6.45) is 4.47. The molecule has 0 amide bonds. The molecule has 172 valence electrons. The van der Waals surface area contributed by atoms with E-state index < -0.39 is 0 Å². The first-order chi connectivity index (χ1) is 15.3. The van der Waals surface area contributed by atoms with Gasteiger partial charge in [-0.15, -0.1) is 34.2 Å². The van der Waals surface area contributed by atoms with Gasteiger partial charge in [-0.05, 0) is 62.7 Å². The molecular formula is C23H32IN7O. The minimum absolute atomic E-state index is 0. The molecule has 2 N–H and O–H groups in total. The molecular weight excluding hydrogens is 517 g/mol. The van der Waals surface area contributed by atoms with Gasteiger partial charge in [-0.25, -0.2) is 4.99 Å². The molecule has 0 aliphatic carbocycles. The Morgan fingerprint density at radius 2 is 1.88 bits per heavy atom. The van der Waals surface area contributed by atoms with Gasteiger partial charge in [0.15, 0.2) is 17.4 Å². The summed E-state index contributed by atoms with van der Waals surface area (Å²) in [6.45, 7) is 6.35. The summed E-state index contributed by atoms with van der Waals surface area (Å²) in [5, 5.41) is 15.4. The summed E-state index contributed by atoms with van der Waals surface area (Å²) in [4.78, 5) is 7.30. The summed E-state index contributed by atoms with van der Waals surface area (Å²) >= 11 is 0. The number of hydrogen-bond acceptors (Lipinski definition) is 5. The molecule has 2 aromatic heterocycles. The van der Waals surface area contributed by atoms with E-state index in [2.05, 4.69) is 44.8 Å². The highest BCUT2D eigenvalue weighted by Crippen LogP contribution is 2.26. The third kappa shape index (κ3) is 5.89. The molecule has 1 aliphatic rings. The standard InChI is InChI=1S/C23H31N7O.HI/c1-3-24-23(26-17-22-28-27-21-8-4-5-15-30(21)22)25-16-20(29-13-6-7-14-29)18-9-11-19(31-2)12-10-18;/h4-5,8-12,15,20H,3,6-7,13-14,16-17H2,1-2H3,(H2,24,25,26);1H. The first-order valence-corrected chi connectivity index (χ1v) is 11.0. The largest absolute Gasteiger partial charge is 0.497 e. The highest BCUT2D eigenvalue weighted by molar-refractivity contribution is 14.0. The second kappa shape index (κ2) is 12.0. The third-order valence-corrected chi connectivity index (χ3v) is 5.65. The second-order valence-corrected chi connectivity index (χ2v) is 7.65. The number of hydrogen-bond donors (Lipinski definition) is 2. The third-order valence-electron chi connectivity index (χ3n) is 5.65. The van der Waals surface area contributed by atoms with Crippen LogP contribution in [0.4, 0.5) is 0 Å². The summed E-state index contributed by atoms with van der Waals surface area (Å²) in [6, 6.07) is 14.6. The Balaban J connectivity index is 0.00000289. The first kappa shape index (κ1) is 24.2. The molecule has 1 unspecified atom stereocenters. The molecule has 0 bridgehead atoms. The number of aromatic nitrogens is 3. The van der Waals surface area contributed by atoms with E-state index in [0.717, 1.165) is 49.4 Å². The Labute approximate surface area is 206 Å². The Kier molecular flexibility index (Phi) is 9.10. The zero-order valence-electron chi connectivity index (χ0n) is 18.7. The van der Waals surface area contributed by atoms with Crippen molar-refractivity contribution in [3.05, 3.63) is 60.0 Å². The normalized spacial score (nSPS) is 15.4. The van der Waals surface area contributed by atoms with Crippen LogP contribution in [0.1, 0.15) is 37.2 Å². The van der Waals surface area contributed by atoms with Crippen LogP contribution in [-0.2, 0) is 6.54 Å². The van der Waals surface area contributed by atoms with E-state index in [9.17, 15) is 0 Å². The minimum atomic E-state index is 0. The van der Waals surface area contributed by atoms with Crippen LogP contribution < -0.4 is 15.4 Å². The van der Waals surface area contributed by atoms with Gasteiger partial charge in [-0.2, -0.15) is 0 Å². The molecule has 1 fully saturated rings. The van der Waals surface area contributed by atoms with E-state index in [0.29, 0.717) is 6.54 Å². The van der Waals surface area contributed by atoms with Crippen molar-refractivity contribution >= 4 is 35.6 Å². The molecule has 0 radical (unpaired) electrons. The van der Waals surface area contributed by atoms with Gasteiger partial charge in [-0.3, -0.25) is 9.30 Å². The minimum Gasteiger partial charge on any atom is -0.497 e. The zero-order chi connectivity index (χ0) is 21.5. The van der Waals surface area contributed by atoms with Gasteiger partial charge in [0.2, 0.25) is 0 Å². The number of benzene rings is 1. The summed E-state index contributed by atoms with van der Waals surface area (Å²) in [7, 11) is 1.70. The number of nitrogens with zero attached hydrogens (tertiary/aromatic N) is 5. The molecule has 1 saturated heterocycles. The molecule has 0 saturated carbocycles. The SMILES string of the molecule is CCNC(=NCc1nnc2ccccn12)NCC(c1ccc(OC)cc1)N1CCCC1.I. The van der Waals surface area contributed by atoms with Crippen LogP contribution >= 0.6 is 24.0 Å². The lowest BCUT2D eigenvalue weighted by Crippen LogP contribution is -2.42. The van der Waals surface area contributed by atoms with Gasteiger partial charge in [0.05, 0.1) is 13.2 Å². The van der Waals surface area contributed by atoms with Crippen LogP contribution in [0.25, 0.3) is 5.65 Å². The van der Waals surface area contributed by atoms with Crippen molar-refractivity contribution < 1.29 is 4.74 Å². The lowest BCUT2D eigenvalue weighted by Gasteiger charge is -2.29. The summed E-state index contributed by atoms with van der Waals surface area (Å²) in [5.41, 5.74) is 2.12. The highest BCUT2D eigenvalue weighted by atomic mass is 127. The number of likely N-dealkylation sites (tertiary alicyclic amines) is 1. The molecule has 4 rings (SSSR count). The molecule has 9 heteroatoms. The Morgan fingerprint density at radius 1 is 1.09 bits per heavy atom. The van der Waals surface area contributed by atoms with Crippen molar-refractivity contribution in [2.24, 2.45) is 4.99 Å². The predicted molar refractivity (Wildman–Crippen MR) is 138 cm³/mol. The van der Waals surface area contributed by atoms with E-state index >= 15 is 0 Å². The van der Waals surface area contributed by atoms with Crippen molar-refractivity contribution in [3.8, 4) is 5.75 Å². The Bertz CT molecular complexity index is 999. The molecule has 32 heavy (non-hydrogen) atoms. The second-order valence-electron chi connectivity index (χ2n) is 7.65. The summed E-state index contributed by atoms with van der Waals surface area (Å²) in [5.74, 6) is 2.49. The van der Waals surface area contributed by atoms with Crippen molar-refractivity contribution in [1.82, 2.24) is 30.1 Å². The fourth-order valence-corrected chi connectivity index (χ4v) is 4.02. The quantitative estimate of drug-likeness (QED) is 0.255. The predicted octanol–water partition coefficient (Wildman–Crippen LogP) is 3.25. The Morgan fingerprint density at radius 3 is 2.59 bits per heavy atom. The number of pyridine rings is 1. The lowest BCUT2D eigenvalue weighted by molar-refractivity contribution is 0.245. The van der Waals surface area contributed by atoms with E-state index in [4.69, 9.17) is 9.73 Å². The van der Waals surface area contributed by atoms with Gasteiger partial charge in [-0.1, -0.05) is 18.2 Å². The van der Waals surface area contributed by atoms with Gasteiger partial charge >= 0.3 is 0 Å². The topological polar surface area (TPSA) is 79.1 Å². The number of rotatable bonds is 8. The maximum Gasteiger partial charge on any atom is 0.191 e. The number of fused-ring (bicyclic) bond motifs is 1. The zero-order valence-corrected chi connectivity index (χ0v) is 21.0. The molecule has 3 aromatic rings. The fraction of sp³-hybridized carbons (Fsp3) is 0.435. The molecule has 8 nitrogen and oxygen atoms in total. The number of ether oxygens (including phenoxy) is 1. The number of methoxy groups -OCH3 is 1. The van der Waals surface area contributed by atoms with Crippen LogP contribution in [-0.4, -0.2) is 58.7 Å². The fourth-order valence-electron chi connectivity index (χ4n) is 4.02. The number of halogens is 1. The summed E-state index contributed by atoms with van der Waals surface area (Å²) < 4.78 is 7.30. The number of aliphatic imine (C=N–C) groups is 1. The lowest BCUT2D eigenvalue weighted by atomic mass is 10.1. The van der Waals surface area contributed by atoms with Crippen molar-refractivity contribution in [3.63, 3.8) is 0 Å². The molecule has 0 spiro atoms. The molecule has 1 aromatic carbocycles.